The molecule has 2 aromatic carbocycles. The van der Waals surface area contributed by atoms with Gasteiger partial charge in [0.1, 0.15) is 0 Å². The summed E-state index contributed by atoms with van der Waals surface area (Å²) >= 11 is 17.7. The predicted molar refractivity (Wildman–Crippen MR) is 82.0 cm³/mol. The summed E-state index contributed by atoms with van der Waals surface area (Å²) in [5.41, 5.74) is 7.46. The number of rotatable bonds is 2. The van der Waals surface area contributed by atoms with Crippen LogP contribution in [0.4, 0.5) is 5.69 Å². The van der Waals surface area contributed by atoms with Crippen LogP contribution in [0.5, 0.6) is 5.75 Å². The van der Waals surface area contributed by atoms with Gasteiger partial charge in [-0.25, -0.2) is 4.79 Å². The van der Waals surface area contributed by atoms with E-state index in [1.807, 2.05) is 6.92 Å². The molecule has 0 amide bonds. The van der Waals surface area contributed by atoms with Crippen molar-refractivity contribution >= 4 is 46.5 Å². The molecule has 0 heterocycles. The number of aryl methyl sites for hydroxylation is 1. The van der Waals surface area contributed by atoms with Crippen molar-refractivity contribution in [2.75, 3.05) is 5.73 Å². The largest absolute Gasteiger partial charge is 0.420 e. The topological polar surface area (TPSA) is 52.3 Å². The van der Waals surface area contributed by atoms with Crippen LogP contribution < -0.4 is 10.5 Å². The van der Waals surface area contributed by atoms with E-state index in [1.54, 1.807) is 12.1 Å². The van der Waals surface area contributed by atoms with Gasteiger partial charge in [0.15, 0.2) is 5.75 Å². The highest BCUT2D eigenvalue weighted by atomic mass is 35.5. The van der Waals surface area contributed by atoms with Crippen LogP contribution in [0.15, 0.2) is 30.3 Å². The van der Waals surface area contributed by atoms with Crippen LogP contribution in [-0.2, 0) is 0 Å². The molecular formula is C14H10Cl3NO2. The highest BCUT2D eigenvalue weighted by Gasteiger charge is 2.15. The van der Waals surface area contributed by atoms with Crippen molar-refractivity contribution in [3.63, 3.8) is 0 Å². The van der Waals surface area contributed by atoms with Gasteiger partial charge in [-0.3, -0.25) is 0 Å². The van der Waals surface area contributed by atoms with E-state index in [1.165, 1.54) is 18.2 Å². The third-order valence-electron chi connectivity index (χ3n) is 2.67. The van der Waals surface area contributed by atoms with Crippen LogP contribution >= 0.6 is 34.8 Å². The summed E-state index contributed by atoms with van der Waals surface area (Å²) in [5.74, 6) is -0.523. The monoisotopic (exact) mass is 329 g/mol. The number of ether oxygens (including phenoxy) is 1. The Labute approximate surface area is 131 Å². The molecule has 0 saturated carbocycles. The van der Waals surface area contributed by atoms with E-state index in [4.69, 9.17) is 45.3 Å². The summed E-state index contributed by atoms with van der Waals surface area (Å²) in [5, 5.41) is 0.686. The van der Waals surface area contributed by atoms with E-state index in [9.17, 15) is 4.79 Å². The minimum Gasteiger partial charge on any atom is -0.420 e. The summed E-state index contributed by atoms with van der Waals surface area (Å²) in [4.78, 5) is 12.0. The number of hydrogen-bond acceptors (Lipinski definition) is 3. The van der Waals surface area contributed by atoms with Crippen LogP contribution in [0.1, 0.15) is 15.9 Å². The Morgan fingerprint density at radius 2 is 1.70 bits per heavy atom. The first kappa shape index (κ1) is 15.0. The lowest BCUT2D eigenvalue weighted by atomic mass is 10.1. The fourth-order valence-corrected chi connectivity index (χ4v) is 2.44. The Hall–Kier alpha value is -1.42. The van der Waals surface area contributed by atoms with Crippen LogP contribution in [-0.4, -0.2) is 5.97 Å². The predicted octanol–water partition coefficient (Wildman–Crippen LogP) is 4.76. The maximum absolute atomic E-state index is 12.0. The summed E-state index contributed by atoms with van der Waals surface area (Å²) in [6.07, 6.45) is 0. The maximum atomic E-state index is 12.0. The summed E-state index contributed by atoms with van der Waals surface area (Å²) in [7, 11) is 0. The fourth-order valence-electron chi connectivity index (χ4n) is 1.55. The van der Waals surface area contributed by atoms with E-state index in [2.05, 4.69) is 0 Å². The lowest BCUT2D eigenvalue weighted by Gasteiger charge is -2.09. The number of nitrogens with two attached hydrogens (primary N) is 1. The molecular weight excluding hydrogens is 321 g/mol. The van der Waals surface area contributed by atoms with Crippen molar-refractivity contribution in [1.82, 2.24) is 0 Å². The lowest BCUT2D eigenvalue weighted by Crippen LogP contribution is -2.10. The van der Waals surface area contributed by atoms with E-state index in [0.29, 0.717) is 16.3 Å². The summed E-state index contributed by atoms with van der Waals surface area (Å²) < 4.78 is 5.19. The second-order valence-corrected chi connectivity index (χ2v) is 5.41. The van der Waals surface area contributed by atoms with Crippen molar-refractivity contribution in [1.29, 1.82) is 0 Å². The number of benzene rings is 2. The van der Waals surface area contributed by atoms with Crippen molar-refractivity contribution in [2.45, 2.75) is 6.92 Å². The molecule has 2 rings (SSSR count). The van der Waals surface area contributed by atoms with Gasteiger partial charge < -0.3 is 10.5 Å². The second kappa shape index (κ2) is 5.92. The third kappa shape index (κ3) is 3.18. The number of carbonyl (C=O) groups is 1. The van der Waals surface area contributed by atoms with Crippen molar-refractivity contribution < 1.29 is 9.53 Å². The van der Waals surface area contributed by atoms with Gasteiger partial charge in [0, 0.05) is 10.7 Å². The molecule has 2 N–H and O–H groups in total. The van der Waals surface area contributed by atoms with Crippen LogP contribution in [0.2, 0.25) is 15.1 Å². The van der Waals surface area contributed by atoms with Gasteiger partial charge in [-0.1, -0.05) is 40.9 Å². The molecule has 0 unspecified atom stereocenters. The summed E-state index contributed by atoms with van der Waals surface area (Å²) in [6, 6.07) is 7.78. The molecule has 0 saturated heterocycles. The Balaban J connectivity index is 2.30. The van der Waals surface area contributed by atoms with Gasteiger partial charge in [-0.15, -0.1) is 0 Å². The van der Waals surface area contributed by atoms with E-state index < -0.39 is 5.97 Å². The zero-order valence-corrected chi connectivity index (χ0v) is 12.7. The smallest absolute Gasteiger partial charge is 0.343 e. The maximum Gasteiger partial charge on any atom is 0.343 e. The first-order chi connectivity index (χ1) is 9.38. The molecule has 0 aromatic heterocycles. The van der Waals surface area contributed by atoms with E-state index in [0.717, 1.165) is 5.56 Å². The van der Waals surface area contributed by atoms with Gasteiger partial charge >= 0.3 is 5.97 Å². The highest BCUT2D eigenvalue weighted by molar-refractivity contribution is 6.40. The number of hydrogen-bond donors (Lipinski definition) is 1. The van der Waals surface area contributed by atoms with Gasteiger partial charge in [0.25, 0.3) is 0 Å². The van der Waals surface area contributed by atoms with Gasteiger partial charge in [-0.2, -0.15) is 0 Å². The Morgan fingerprint density at radius 1 is 1.10 bits per heavy atom. The number of carbonyl (C=O) groups excluding carboxylic acids is 1. The minimum atomic E-state index is -0.595. The molecule has 0 aliphatic rings. The fraction of sp³-hybridized carbons (Fsp3) is 0.0714. The third-order valence-corrected chi connectivity index (χ3v) is 3.45. The standard InChI is InChI=1S/C14H10Cl3NO2/c1-7-2-3-8(4-12(7)18)14(19)20-13-10(16)5-9(15)6-11(13)17/h2-6H,18H2,1H3. The SMILES string of the molecule is Cc1ccc(C(=O)Oc2c(Cl)cc(Cl)cc2Cl)cc1N. The molecule has 0 bridgehead atoms. The van der Waals surface area contributed by atoms with Gasteiger partial charge in [0.2, 0.25) is 0 Å². The minimum absolute atomic E-state index is 0.0712. The molecule has 0 radical (unpaired) electrons. The Bertz CT molecular complexity index is 663. The van der Waals surface area contributed by atoms with Crippen LogP contribution in [0, 0.1) is 6.92 Å². The average Bonchev–Trinajstić information content (AvgIpc) is 2.36. The first-order valence-electron chi connectivity index (χ1n) is 5.61. The number of esters is 1. The molecule has 0 spiro atoms. The van der Waals surface area contributed by atoms with Gasteiger partial charge in [-0.05, 0) is 36.8 Å². The normalized spacial score (nSPS) is 10.4. The second-order valence-electron chi connectivity index (χ2n) is 4.16. The number of anilines is 1. The number of halogens is 3. The van der Waals surface area contributed by atoms with Gasteiger partial charge in [0.05, 0.1) is 15.6 Å². The lowest BCUT2D eigenvalue weighted by molar-refractivity contribution is 0.0735. The molecule has 3 nitrogen and oxygen atoms in total. The van der Waals surface area contributed by atoms with Crippen molar-refractivity contribution in [3.8, 4) is 5.75 Å². The van der Waals surface area contributed by atoms with Crippen LogP contribution in [0.25, 0.3) is 0 Å². The molecule has 0 aliphatic heterocycles. The Morgan fingerprint density at radius 3 is 2.25 bits per heavy atom. The molecule has 104 valence electrons. The average molecular weight is 331 g/mol. The quantitative estimate of drug-likeness (QED) is 0.491. The molecule has 0 fully saturated rings. The van der Waals surface area contributed by atoms with Crippen LogP contribution in [0.3, 0.4) is 0 Å². The summed E-state index contributed by atoms with van der Waals surface area (Å²) in [6.45, 7) is 1.84. The van der Waals surface area contributed by atoms with E-state index in [-0.39, 0.29) is 15.8 Å². The van der Waals surface area contributed by atoms with Crippen molar-refractivity contribution in [2.24, 2.45) is 0 Å². The van der Waals surface area contributed by atoms with Crippen molar-refractivity contribution in [3.05, 3.63) is 56.5 Å². The molecule has 0 aliphatic carbocycles. The first-order valence-corrected chi connectivity index (χ1v) is 6.74. The zero-order valence-electron chi connectivity index (χ0n) is 10.4. The molecule has 0 atom stereocenters. The number of nitrogen functional groups attached to an aromatic ring is 1. The zero-order chi connectivity index (χ0) is 14.9. The Kier molecular flexibility index (Phi) is 4.43. The molecule has 20 heavy (non-hydrogen) atoms. The molecule has 6 heteroatoms. The van der Waals surface area contributed by atoms with E-state index >= 15 is 0 Å². The molecule has 2 aromatic rings. The highest BCUT2D eigenvalue weighted by Crippen LogP contribution is 2.36.